The summed E-state index contributed by atoms with van der Waals surface area (Å²) in [6.07, 6.45) is 4.09. The fourth-order valence-corrected chi connectivity index (χ4v) is 4.71. The Morgan fingerprint density at radius 1 is 1.11 bits per heavy atom. The number of piperidine rings is 1. The third kappa shape index (κ3) is 6.01. The van der Waals surface area contributed by atoms with E-state index in [1.54, 1.807) is 4.90 Å². The molecule has 4 N–H and O–H groups in total. The second-order valence-electron chi connectivity index (χ2n) is 8.87. The molecule has 12 nitrogen and oxygen atoms in total. The topological polar surface area (TPSA) is 160 Å². The molecule has 0 saturated carbocycles. The average Bonchev–Trinajstić information content (AvgIpc) is 3.34. The van der Waals surface area contributed by atoms with Gasteiger partial charge in [0.2, 0.25) is 23.5 Å². The molecule has 0 spiro atoms. The Balaban J connectivity index is 1.44. The van der Waals surface area contributed by atoms with Crippen LogP contribution in [0.1, 0.15) is 31.2 Å². The van der Waals surface area contributed by atoms with E-state index in [9.17, 15) is 19.7 Å². The van der Waals surface area contributed by atoms with Crippen LogP contribution in [0.3, 0.4) is 0 Å². The van der Waals surface area contributed by atoms with Crippen LogP contribution in [-0.4, -0.2) is 69.9 Å². The number of aromatic nitrogens is 2. The third-order valence-electron chi connectivity index (χ3n) is 6.43. The highest BCUT2D eigenvalue weighted by molar-refractivity contribution is 5.90. The molecule has 1 aromatic heterocycles. The van der Waals surface area contributed by atoms with Crippen LogP contribution in [0.5, 0.6) is 0 Å². The summed E-state index contributed by atoms with van der Waals surface area (Å²) in [6.45, 7) is 2.76. The summed E-state index contributed by atoms with van der Waals surface area (Å²) in [5.41, 5.74) is 6.13. The summed E-state index contributed by atoms with van der Waals surface area (Å²) in [6, 6.07) is 9.64. The van der Waals surface area contributed by atoms with Gasteiger partial charge in [-0.3, -0.25) is 24.6 Å². The Kier molecular flexibility index (Phi) is 7.70. The maximum atomic E-state index is 12.6. The number of hydrogen-bond donors (Lipinski definition) is 3. The number of amides is 2. The average molecular weight is 483 g/mol. The number of primary amides is 1. The van der Waals surface area contributed by atoms with Gasteiger partial charge in [-0.2, -0.15) is 0 Å². The Morgan fingerprint density at radius 3 is 2.54 bits per heavy atom. The van der Waals surface area contributed by atoms with Crippen molar-refractivity contribution in [2.24, 2.45) is 5.73 Å². The van der Waals surface area contributed by atoms with Crippen LogP contribution in [0.2, 0.25) is 0 Å². The number of benzene rings is 1. The molecular weight excluding hydrogens is 452 g/mol. The van der Waals surface area contributed by atoms with Crippen molar-refractivity contribution in [2.75, 3.05) is 36.4 Å². The molecule has 2 aliphatic heterocycles. The molecule has 4 rings (SSSR count). The van der Waals surface area contributed by atoms with Crippen molar-refractivity contribution >= 4 is 29.1 Å². The molecule has 3 heterocycles. The zero-order valence-electron chi connectivity index (χ0n) is 19.4. The number of nitro groups is 1. The highest BCUT2D eigenvalue weighted by Crippen LogP contribution is 2.36. The number of likely N-dealkylation sites (tertiary alicyclic amines) is 1. The number of nitrogens with zero attached hydrogens (tertiary/aromatic N) is 5. The van der Waals surface area contributed by atoms with Crippen molar-refractivity contribution < 1.29 is 14.5 Å². The molecule has 186 valence electrons. The number of nitrogens with one attached hydrogen (secondary N) is 2. The highest BCUT2D eigenvalue weighted by atomic mass is 16.6. The molecule has 0 bridgehead atoms. The van der Waals surface area contributed by atoms with E-state index in [0.29, 0.717) is 19.4 Å². The van der Waals surface area contributed by atoms with Crippen LogP contribution in [0.15, 0.2) is 36.7 Å². The third-order valence-corrected chi connectivity index (χ3v) is 6.43. The standard InChI is InChI=1S/C23H30N8O4/c24-19(32)13-25-23(33)18-7-4-10-30(18)22-20(31(34)35)21(26-15-27-22)28-17-8-11-29(12-9-17)14-16-5-2-1-3-6-16/h1-3,5-6,15,17-18H,4,7-14H2,(H2,24,32)(H,25,33)(H,26,27,28). The summed E-state index contributed by atoms with van der Waals surface area (Å²) in [4.78, 5) is 47.5. The fraction of sp³-hybridized carbons (Fsp3) is 0.478. The molecular formula is C23H30N8O4. The zero-order chi connectivity index (χ0) is 24.8. The SMILES string of the molecule is NC(=O)CNC(=O)C1CCCN1c1ncnc(NC2CCN(Cc3ccccc3)CC2)c1[N+](=O)[O-]. The molecule has 1 aromatic carbocycles. The quantitative estimate of drug-likeness (QED) is 0.350. The lowest BCUT2D eigenvalue weighted by molar-refractivity contribution is -0.383. The summed E-state index contributed by atoms with van der Waals surface area (Å²) < 4.78 is 0. The Bertz CT molecular complexity index is 1060. The molecule has 0 aliphatic carbocycles. The normalized spacial score (nSPS) is 18.9. The predicted molar refractivity (Wildman–Crippen MR) is 130 cm³/mol. The summed E-state index contributed by atoms with van der Waals surface area (Å²) in [7, 11) is 0. The zero-order valence-corrected chi connectivity index (χ0v) is 19.4. The lowest BCUT2D eigenvalue weighted by Crippen LogP contribution is -2.46. The first-order chi connectivity index (χ1) is 16.9. The maximum absolute atomic E-state index is 12.6. The monoisotopic (exact) mass is 482 g/mol. The lowest BCUT2D eigenvalue weighted by atomic mass is 10.0. The lowest BCUT2D eigenvalue weighted by Gasteiger charge is -2.32. The van der Waals surface area contributed by atoms with E-state index in [-0.39, 0.29) is 29.9 Å². The van der Waals surface area contributed by atoms with Crippen LogP contribution >= 0.6 is 0 Å². The van der Waals surface area contributed by atoms with Crippen LogP contribution in [0.4, 0.5) is 17.3 Å². The Labute approximate surface area is 203 Å². The molecule has 1 atom stereocenters. The van der Waals surface area contributed by atoms with Crippen molar-refractivity contribution in [1.82, 2.24) is 20.2 Å². The van der Waals surface area contributed by atoms with Gasteiger partial charge in [0.05, 0.1) is 11.5 Å². The minimum atomic E-state index is -0.669. The van der Waals surface area contributed by atoms with Crippen molar-refractivity contribution in [3.63, 3.8) is 0 Å². The number of carbonyl (C=O) groups excluding carboxylic acids is 2. The largest absolute Gasteiger partial charge is 0.368 e. The van der Waals surface area contributed by atoms with E-state index in [4.69, 9.17) is 5.73 Å². The number of hydrogen-bond acceptors (Lipinski definition) is 9. The van der Waals surface area contributed by atoms with E-state index in [1.165, 1.54) is 11.9 Å². The number of carbonyl (C=O) groups is 2. The van der Waals surface area contributed by atoms with Gasteiger partial charge in [-0.15, -0.1) is 0 Å². The minimum absolute atomic E-state index is 0.0386. The molecule has 2 aliphatic rings. The first kappa shape index (κ1) is 24.3. The maximum Gasteiger partial charge on any atom is 0.353 e. The second kappa shape index (κ2) is 11.1. The van der Waals surface area contributed by atoms with Crippen LogP contribution in [0.25, 0.3) is 0 Å². The van der Waals surface area contributed by atoms with Crippen molar-refractivity contribution in [3.8, 4) is 0 Å². The van der Waals surface area contributed by atoms with Gasteiger partial charge in [0.25, 0.3) is 0 Å². The van der Waals surface area contributed by atoms with Gasteiger partial charge in [0, 0.05) is 32.2 Å². The van der Waals surface area contributed by atoms with Gasteiger partial charge in [0.15, 0.2) is 0 Å². The predicted octanol–water partition coefficient (Wildman–Crippen LogP) is 1.03. The van der Waals surface area contributed by atoms with Crippen molar-refractivity contribution in [3.05, 3.63) is 52.3 Å². The van der Waals surface area contributed by atoms with E-state index in [2.05, 4.69) is 37.6 Å². The highest BCUT2D eigenvalue weighted by Gasteiger charge is 2.37. The number of rotatable bonds is 9. The van der Waals surface area contributed by atoms with Gasteiger partial charge >= 0.3 is 5.69 Å². The van der Waals surface area contributed by atoms with Gasteiger partial charge < -0.3 is 21.3 Å². The molecule has 2 fully saturated rings. The molecule has 35 heavy (non-hydrogen) atoms. The van der Waals surface area contributed by atoms with E-state index < -0.39 is 22.8 Å². The molecule has 1 unspecified atom stereocenters. The van der Waals surface area contributed by atoms with Gasteiger partial charge in [-0.05, 0) is 31.2 Å². The summed E-state index contributed by atoms with van der Waals surface area (Å²) in [5, 5.41) is 17.8. The van der Waals surface area contributed by atoms with Crippen molar-refractivity contribution in [1.29, 1.82) is 0 Å². The second-order valence-corrected chi connectivity index (χ2v) is 8.87. The Morgan fingerprint density at radius 2 is 1.86 bits per heavy atom. The van der Waals surface area contributed by atoms with Gasteiger partial charge in [-0.1, -0.05) is 30.3 Å². The minimum Gasteiger partial charge on any atom is -0.368 e. The van der Waals surface area contributed by atoms with Crippen LogP contribution < -0.4 is 21.3 Å². The summed E-state index contributed by atoms with van der Waals surface area (Å²) in [5.74, 6) is -0.804. The fourth-order valence-electron chi connectivity index (χ4n) is 4.71. The molecule has 2 aromatic rings. The van der Waals surface area contributed by atoms with Crippen molar-refractivity contribution in [2.45, 2.75) is 44.3 Å². The Hall–Kier alpha value is -3.80. The van der Waals surface area contributed by atoms with Crippen LogP contribution in [0, 0.1) is 10.1 Å². The molecule has 2 amide bonds. The molecule has 0 radical (unpaired) electrons. The number of anilines is 2. The van der Waals surface area contributed by atoms with E-state index >= 15 is 0 Å². The summed E-state index contributed by atoms with van der Waals surface area (Å²) >= 11 is 0. The first-order valence-corrected chi connectivity index (χ1v) is 11.8. The first-order valence-electron chi connectivity index (χ1n) is 11.8. The smallest absolute Gasteiger partial charge is 0.353 e. The van der Waals surface area contributed by atoms with E-state index in [1.807, 2.05) is 18.2 Å². The van der Waals surface area contributed by atoms with E-state index in [0.717, 1.165) is 32.5 Å². The molecule has 12 heteroatoms. The van der Waals surface area contributed by atoms with Gasteiger partial charge in [-0.25, -0.2) is 9.97 Å². The molecule has 2 saturated heterocycles. The number of nitrogens with two attached hydrogens (primary N) is 1. The van der Waals surface area contributed by atoms with Gasteiger partial charge in [0.1, 0.15) is 12.4 Å². The van der Waals surface area contributed by atoms with Crippen LogP contribution in [-0.2, 0) is 16.1 Å².